The van der Waals surface area contributed by atoms with Gasteiger partial charge >= 0.3 is 0 Å². The van der Waals surface area contributed by atoms with Crippen LogP contribution in [0.5, 0.6) is 0 Å². The number of rotatable bonds is 1. The second-order valence-electron chi connectivity index (χ2n) is 5.88. The second kappa shape index (κ2) is 5.80. The lowest BCUT2D eigenvalue weighted by atomic mass is 10.0. The van der Waals surface area contributed by atoms with E-state index < -0.39 is 0 Å². The van der Waals surface area contributed by atoms with Gasteiger partial charge in [-0.3, -0.25) is 4.79 Å². The standard InChI is InChI=1S/C18H13Cl2FN2O/c19-11-3-1-2-10(6-11)18(24)23-5-4-13-14-7-12(20)8-15(21)17(14)22-16(13)9-23/h1-3,6-8,22H,4-5,9H2. The van der Waals surface area contributed by atoms with Crippen LogP contribution in [-0.4, -0.2) is 22.3 Å². The van der Waals surface area contributed by atoms with Gasteiger partial charge in [-0.05, 0) is 42.3 Å². The van der Waals surface area contributed by atoms with E-state index >= 15 is 0 Å². The number of aromatic amines is 1. The lowest BCUT2D eigenvalue weighted by Gasteiger charge is -2.27. The van der Waals surface area contributed by atoms with Crippen LogP contribution in [0, 0.1) is 5.82 Å². The molecular weight excluding hydrogens is 350 g/mol. The number of H-pyrrole nitrogens is 1. The molecule has 1 aromatic heterocycles. The van der Waals surface area contributed by atoms with E-state index in [0.29, 0.717) is 40.6 Å². The number of hydrogen-bond acceptors (Lipinski definition) is 1. The van der Waals surface area contributed by atoms with Crippen LogP contribution in [0.2, 0.25) is 10.0 Å². The van der Waals surface area contributed by atoms with Gasteiger partial charge in [0, 0.05) is 33.2 Å². The Morgan fingerprint density at radius 1 is 1.17 bits per heavy atom. The minimum Gasteiger partial charge on any atom is -0.354 e. The molecule has 24 heavy (non-hydrogen) atoms. The number of aromatic nitrogens is 1. The van der Waals surface area contributed by atoms with Crippen molar-refractivity contribution in [2.24, 2.45) is 0 Å². The summed E-state index contributed by atoms with van der Waals surface area (Å²) in [5.41, 5.74) is 2.88. The summed E-state index contributed by atoms with van der Waals surface area (Å²) in [6, 6.07) is 9.95. The summed E-state index contributed by atoms with van der Waals surface area (Å²) >= 11 is 11.9. The Labute approximate surface area is 148 Å². The molecule has 0 bridgehead atoms. The van der Waals surface area contributed by atoms with Crippen molar-refractivity contribution in [3.8, 4) is 0 Å². The van der Waals surface area contributed by atoms with Crippen molar-refractivity contribution in [1.29, 1.82) is 0 Å². The summed E-state index contributed by atoms with van der Waals surface area (Å²) in [5.74, 6) is -0.458. The molecule has 3 aromatic rings. The predicted octanol–water partition coefficient (Wildman–Crippen LogP) is 4.81. The zero-order chi connectivity index (χ0) is 16.8. The topological polar surface area (TPSA) is 36.1 Å². The summed E-state index contributed by atoms with van der Waals surface area (Å²) in [5, 5.41) is 1.70. The molecule has 2 heterocycles. The summed E-state index contributed by atoms with van der Waals surface area (Å²) < 4.78 is 14.1. The summed E-state index contributed by atoms with van der Waals surface area (Å²) in [6.45, 7) is 0.978. The van der Waals surface area contributed by atoms with Gasteiger partial charge in [0.1, 0.15) is 5.82 Å². The lowest BCUT2D eigenvalue weighted by Crippen LogP contribution is -2.35. The Morgan fingerprint density at radius 3 is 2.79 bits per heavy atom. The van der Waals surface area contributed by atoms with E-state index in [1.165, 1.54) is 6.07 Å². The number of hydrogen-bond donors (Lipinski definition) is 1. The molecule has 1 aliphatic rings. The number of carbonyl (C=O) groups is 1. The molecule has 1 aliphatic heterocycles. The fourth-order valence-electron chi connectivity index (χ4n) is 3.24. The largest absolute Gasteiger partial charge is 0.354 e. The number of benzene rings is 2. The van der Waals surface area contributed by atoms with Crippen LogP contribution in [0.25, 0.3) is 10.9 Å². The van der Waals surface area contributed by atoms with Gasteiger partial charge in [0.05, 0.1) is 12.1 Å². The SMILES string of the molecule is O=C(c1cccc(Cl)c1)N1CCc2c([nH]c3c(F)cc(Cl)cc23)C1. The summed E-state index contributed by atoms with van der Waals surface area (Å²) in [4.78, 5) is 17.5. The van der Waals surface area contributed by atoms with E-state index in [1.807, 2.05) is 0 Å². The van der Waals surface area contributed by atoms with Crippen LogP contribution in [0.1, 0.15) is 21.6 Å². The highest BCUT2D eigenvalue weighted by molar-refractivity contribution is 6.31. The highest BCUT2D eigenvalue weighted by Gasteiger charge is 2.25. The number of fused-ring (bicyclic) bond motifs is 3. The fourth-order valence-corrected chi connectivity index (χ4v) is 3.64. The third kappa shape index (κ3) is 2.56. The van der Waals surface area contributed by atoms with Gasteiger partial charge in [-0.15, -0.1) is 0 Å². The normalized spacial score (nSPS) is 14.0. The first kappa shape index (κ1) is 15.5. The van der Waals surface area contributed by atoms with Crippen molar-refractivity contribution in [3.63, 3.8) is 0 Å². The van der Waals surface area contributed by atoms with Crippen molar-refractivity contribution < 1.29 is 9.18 Å². The van der Waals surface area contributed by atoms with Gasteiger partial charge in [-0.2, -0.15) is 0 Å². The maximum atomic E-state index is 14.1. The molecule has 3 nitrogen and oxygen atoms in total. The van der Waals surface area contributed by atoms with Crippen LogP contribution in [0.4, 0.5) is 4.39 Å². The number of halogens is 3. The first-order valence-corrected chi connectivity index (χ1v) is 8.32. The molecule has 0 saturated heterocycles. The summed E-state index contributed by atoms with van der Waals surface area (Å²) in [7, 11) is 0. The number of carbonyl (C=O) groups excluding carboxylic acids is 1. The zero-order valence-electron chi connectivity index (χ0n) is 12.6. The smallest absolute Gasteiger partial charge is 0.254 e. The van der Waals surface area contributed by atoms with E-state index in [1.54, 1.807) is 35.2 Å². The first-order chi connectivity index (χ1) is 11.5. The van der Waals surface area contributed by atoms with Gasteiger partial charge in [-0.25, -0.2) is 4.39 Å². The molecule has 0 saturated carbocycles. The monoisotopic (exact) mass is 362 g/mol. The highest BCUT2D eigenvalue weighted by atomic mass is 35.5. The van der Waals surface area contributed by atoms with Crippen molar-refractivity contribution >= 4 is 40.0 Å². The molecule has 0 unspecified atom stereocenters. The fraction of sp³-hybridized carbons (Fsp3) is 0.167. The van der Waals surface area contributed by atoms with Crippen molar-refractivity contribution in [1.82, 2.24) is 9.88 Å². The Morgan fingerprint density at radius 2 is 2.00 bits per heavy atom. The maximum Gasteiger partial charge on any atom is 0.254 e. The van der Waals surface area contributed by atoms with Gasteiger partial charge < -0.3 is 9.88 Å². The first-order valence-electron chi connectivity index (χ1n) is 7.56. The molecule has 0 aliphatic carbocycles. The van der Waals surface area contributed by atoms with Crippen LogP contribution >= 0.6 is 23.2 Å². The minimum atomic E-state index is -0.375. The van der Waals surface area contributed by atoms with Crippen molar-refractivity contribution in [2.45, 2.75) is 13.0 Å². The summed E-state index contributed by atoms with van der Waals surface area (Å²) in [6.07, 6.45) is 0.654. The molecule has 0 spiro atoms. The van der Waals surface area contributed by atoms with Crippen LogP contribution in [-0.2, 0) is 13.0 Å². The van der Waals surface area contributed by atoms with E-state index in [2.05, 4.69) is 4.98 Å². The maximum absolute atomic E-state index is 14.1. The lowest BCUT2D eigenvalue weighted by molar-refractivity contribution is 0.0733. The predicted molar refractivity (Wildman–Crippen MR) is 93.2 cm³/mol. The van der Waals surface area contributed by atoms with E-state index in [-0.39, 0.29) is 11.7 Å². The molecule has 4 rings (SSSR count). The molecule has 0 atom stereocenters. The van der Waals surface area contributed by atoms with E-state index in [0.717, 1.165) is 16.6 Å². The van der Waals surface area contributed by atoms with Crippen LogP contribution in [0.3, 0.4) is 0 Å². The molecule has 122 valence electrons. The van der Waals surface area contributed by atoms with E-state index in [4.69, 9.17) is 23.2 Å². The Bertz CT molecular complexity index is 967. The van der Waals surface area contributed by atoms with Crippen LogP contribution in [0.15, 0.2) is 36.4 Å². The molecule has 0 radical (unpaired) electrons. The molecule has 6 heteroatoms. The molecule has 1 amide bonds. The Hall–Kier alpha value is -2.04. The number of nitrogens with zero attached hydrogens (tertiary/aromatic N) is 1. The number of amides is 1. The van der Waals surface area contributed by atoms with Crippen molar-refractivity contribution in [3.05, 3.63) is 69.1 Å². The molecular formula is C18H13Cl2FN2O. The quantitative estimate of drug-likeness (QED) is 0.662. The molecule has 0 fully saturated rings. The van der Waals surface area contributed by atoms with E-state index in [9.17, 15) is 9.18 Å². The average Bonchev–Trinajstić information content (AvgIpc) is 2.92. The van der Waals surface area contributed by atoms with Gasteiger partial charge in [0.2, 0.25) is 0 Å². The van der Waals surface area contributed by atoms with Gasteiger partial charge in [0.15, 0.2) is 0 Å². The third-order valence-corrected chi connectivity index (χ3v) is 4.81. The Balaban J connectivity index is 1.69. The Kier molecular flexibility index (Phi) is 3.74. The van der Waals surface area contributed by atoms with Gasteiger partial charge in [-0.1, -0.05) is 29.3 Å². The highest BCUT2D eigenvalue weighted by Crippen LogP contribution is 2.32. The number of nitrogens with one attached hydrogen (secondary N) is 1. The third-order valence-electron chi connectivity index (χ3n) is 4.36. The average molecular weight is 363 g/mol. The minimum absolute atomic E-state index is 0.0830. The van der Waals surface area contributed by atoms with Crippen LogP contribution < -0.4 is 0 Å². The second-order valence-corrected chi connectivity index (χ2v) is 6.75. The van der Waals surface area contributed by atoms with Crippen molar-refractivity contribution in [2.75, 3.05) is 6.54 Å². The zero-order valence-corrected chi connectivity index (χ0v) is 14.1. The van der Waals surface area contributed by atoms with Gasteiger partial charge in [0.25, 0.3) is 5.91 Å². The molecule has 2 aromatic carbocycles. The molecule has 1 N–H and O–H groups in total.